The molecule has 9 heteroatoms. The maximum Gasteiger partial charge on any atom is 0.416 e. The number of aliphatic hydroxyl groups excluding tert-OH is 1. The molecule has 0 saturated heterocycles. The second-order valence-electron chi connectivity index (χ2n) is 7.29. The van der Waals surface area contributed by atoms with E-state index < -0.39 is 11.7 Å². The summed E-state index contributed by atoms with van der Waals surface area (Å²) in [5.41, 5.74) is 0.375. The quantitative estimate of drug-likeness (QED) is 0.585. The smallest absolute Gasteiger partial charge is 0.396 e. The van der Waals surface area contributed by atoms with Crippen LogP contribution < -0.4 is 10.6 Å². The molecular formula is C20H22F3N5O. The highest BCUT2D eigenvalue weighted by atomic mass is 19.4. The molecule has 0 spiro atoms. The van der Waals surface area contributed by atoms with E-state index in [4.69, 9.17) is 0 Å². The van der Waals surface area contributed by atoms with Gasteiger partial charge in [-0.05, 0) is 49.2 Å². The summed E-state index contributed by atoms with van der Waals surface area (Å²) in [6.07, 6.45) is -0.165. The minimum atomic E-state index is -4.37. The van der Waals surface area contributed by atoms with Crippen LogP contribution in [0.4, 0.5) is 30.6 Å². The van der Waals surface area contributed by atoms with E-state index in [0.29, 0.717) is 17.3 Å². The number of benzene rings is 1. The molecular weight excluding hydrogens is 383 g/mol. The zero-order chi connectivity index (χ0) is 20.4. The molecule has 1 aliphatic carbocycles. The predicted molar refractivity (Wildman–Crippen MR) is 104 cm³/mol. The van der Waals surface area contributed by atoms with Crippen molar-refractivity contribution < 1.29 is 18.3 Å². The summed E-state index contributed by atoms with van der Waals surface area (Å²) in [4.78, 5) is 4.40. The zero-order valence-corrected chi connectivity index (χ0v) is 15.7. The van der Waals surface area contributed by atoms with Crippen molar-refractivity contribution in [3.05, 3.63) is 48.0 Å². The van der Waals surface area contributed by atoms with Crippen LogP contribution in [-0.4, -0.2) is 32.4 Å². The second-order valence-corrected chi connectivity index (χ2v) is 7.29. The van der Waals surface area contributed by atoms with Gasteiger partial charge in [-0.1, -0.05) is 18.9 Å². The average Bonchev–Trinajstić information content (AvgIpc) is 3.11. The molecule has 0 bridgehead atoms. The van der Waals surface area contributed by atoms with Crippen LogP contribution in [0.1, 0.15) is 31.2 Å². The molecule has 1 fully saturated rings. The van der Waals surface area contributed by atoms with E-state index >= 15 is 0 Å². The van der Waals surface area contributed by atoms with Gasteiger partial charge in [-0.25, -0.2) is 0 Å². The van der Waals surface area contributed by atoms with Crippen molar-refractivity contribution in [3.8, 4) is 0 Å². The van der Waals surface area contributed by atoms with Crippen LogP contribution in [0.25, 0.3) is 5.65 Å². The lowest BCUT2D eigenvalue weighted by Crippen LogP contribution is -2.35. The lowest BCUT2D eigenvalue weighted by molar-refractivity contribution is -0.137. The third kappa shape index (κ3) is 4.29. The monoisotopic (exact) mass is 405 g/mol. The number of fused-ring (bicyclic) bond motifs is 1. The van der Waals surface area contributed by atoms with Crippen molar-refractivity contribution >= 4 is 23.1 Å². The Kier molecular flexibility index (Phi) is 5.31. The van der Waals surface area contributed by atoms with Crippen molar-refractivity contribution in [1.29, 1.82) is 0 Å². The molecule has 6 nitrogen and oxygen atoms in total. The summed E-state index contributed by atoms with van der Waals surface area (Å²) in [6, 6.07) is 10.5. The molecule has 0 amide bonds. The average molecular weight is 405 g/mol. The Balaban J connectivity index is 1.54. The number of aromatic nitrogens is 3. The summed E-state index contributed by atoms with van der Waals surface area (Å²) in [7, 11) is 0. The summed E-state index contributed by atoms with van der Waals surface area (Å²) in [6.45, 7) is 0.145. The largest absolute Gasteiger partial charge is 0.416 e. The van der Waals surface area contributed by atoms with E-state index in [9.17, 15) is 18.3 Å². The molecule has 0 aliphatic heterocycles. The number of hydrogen-bond acceptors (Lipinski definition) is 5. The molecule has 2 aromatic heterocycles. The summed E-state index contributed by atoms with van der Waals surface area (Å²) < 4.78 is 39.8. The summed E-state index contributed by atoms with van der Waals surface area (Å²) in [5.74, 6) is 1.26. The maximum atomic E-state index is 12.7. The molecule has 1 aromatic carbocycles. The number of anilines is 3. The van der Waals surface area contributed by atoms with Gasteiger partial charge in [-0.15, -0.1) is 5.10 Å². The molecule has 3 aromatic rings. The number of aliphatic hydroxyl groups is 1. The lowest BCUT2D eigenvalue weighted by Gasteiger charge is -2.31. The van der Waals surface area contributed by atoms with Crippen molar-refractivity contribution in [2.75, 3.05) is 17.2 Å². The first-order valence-electron chi connectivity index (χ1n) is 9.61. The number of halogens is 3. The van der Waals surface area contributed by atoms with Crippen LogP contribution in [0, 0.1) is 5.92 Å². The normalized spacial score (nSPS) is 20.0. The van der Waals surface area contributed by atoms with Crippen LogP contribution in [0.2, 0.25) is 0 Å². The maximum absolute atomic E-state index is 12.7. The third-order valence-corrected chi connectivity index (χ3v) is 5.30. The zero-order valence-electron chi connectivity index (χ0n) is 15.7. The highest BCUT2D eigenvalue weighted by Gasteiger charge is 2.30. The first-order valence-corrected chi connectivity index (χ1v) is 9.61. The fourth-order valence-electron chi connectivity index (χ4n) is 3.75. The van der Waals surface area contributed by atoms with Crippen LogP contribution >= 0.6 is 0 Å². The van der Waals surface area contributed by atoms with Gasteiger partial charge in [0.1, 0.15) is 5.82 Å². The molecule has 2 heterocycles. The Hall–Kier alpha value is -2.81. The molecule has 0 radical (unpaired) electrons. The Morgan fingerprint density at radius 2 is 1.83 bits per heavy atom. The van der Waals surface area contributed by atoms with E-state index in [-0.39, 0.29) is 18.6 Å². The van der Waals surface area contributed by atoms with Gasteiger partial charge < -0.3 is 15.7 Å². The molecule has 1 saturated carbocycles. The van der Waals surface area contributed by atoms with Crippen molar-refractivity contribution in [1.82, 2.24) is 14.6 Å². The van der Waals surface area contributed by atoms with E-state index in [0.717, 1.165) is 43.6 Å². The Morgan fingerprint density at radius 1 is 1.07 bits per heavy atom. The molecule has 3 N–H and O–H groups in total. The third-order valence-electron chi connectivity index (χ3n) is 5.30. The first-order chi connectivity index (χ1) is 13.9. The standard InChI is InChI=1S/C20H22F3N5O/c21-20(22,23)14-8-10-15(11-9-14)24-19-26-18-7-3-6-17(28(18)27-19)25-16-5-2-1-4-13(16)12-29/h3,6-11,13,16,25,29H,1-2,4-5,12H2,(H,24,27)/t13-,16+/m1/s1. The molecule has 2 atom stereocenters. The predicted octanol–water partition coefficient (Wildman–Crippen LogP) is 4.45. The van der Waals surface area contributed by atoms with Gasteiger partial charge in [-0.3, -0.25) is 0 Å². The Morgan fingerprint density at radius 3 is 2.55 bits per heavy atom. The van der Waals surface area contributed by atoms with Gasteiger partial charge in [0, 0.05) is 24.3 Å². The van der Waals surface area contributed by atoms with E-state index in [1.165, 1.54) is 12.1 Å². The van der Waals surface area contributed by atoms with E-state index in [1.807, 2.05) is 12.1 Å². The number of nitrogens with one attached hydrogen (secondary N) is 2. The fourth-order valence-corrected chi connectivity index (χ4v) is 3.75. The number of rotatable bonds is 5. The molecule has 29 heavy (non-hydrogen) atoms. The minimum Gasteiger partial charge on any atom is -0.396 e. The van der Waals surface area contributed by atoms with E-state index in [2.05, 4.69) is 20.7 Å². The first kappa shape index (κ1) is 19.5. The molecule has 154 valence electrons. The van der Waals surface area contributed by atoms with Crippen molar-refractivity contribution in [3.63, 3.8) is 0 Å². The minimum absolute atomic E-state index is 0.145. The van der Waals surface area contributed by atoms with Gasteiger partial charge >= 0.3 is 6.18 Å². The van der Waals surface area contributed by atoms with Crippen molar-refractivity contribution in [2.24, 2.45) is 5.92 Å². The summed E-state index contributed by atoms with van der Waals surface area (Å²) in [5, 5.41) is 20.5. The molecule has 0 unspecified atom stereocenters. The fraction of sp³-hybridized carbons (Fsp3) is 0.400. The Bertz CT molecular complexity index is 970. The van der Waals surface area contributed by atoms with Crippen LogP contribution in [-0.2, 0) is 6.18 Å². The van der Waals surface area contributed by atoms with Crippen LogP contribution in [0.15, 0.2) is 42.5 Å². The number of nitrogens with zero attached hydrogens (tertiary/aromatic N) is 3. The number of hydrogen-bond donors (Lipinski definition) is 3. The topological polar surface area (TPSA) is 74.5 Å². The highest BCUT2D eigenvalue weighted by molar-refractivity contribution is 5.58. The Labute approximate surface area is 165 Å². The molecule has 1 aliphatic rings. The number of alkyl halides is 3. The number of pyridine rings is 1. The van der Waals surface area contributed by atoms with Crippen LogP contribution in [0.3, 0.4) is 0 Å². The van der Waals surface area contributed by atoms with Gasteiger partial charge in [0.2, 0.25) is 5.95 Å². The SMILES string of the molecule is OC[C@H]1CCCC[C@@H]1Nc1cccc2nc(Nc3ccc(C(F)(F)F)cc3)nn12. The lowest BCUT2D eigenvalue weighted by atomic mass is 9.85. The molecule has 4 rings (SSSR count). The van der Waals surface area contributed by atoms with E-state index in [1.54, 1.807) is 10.6 Å². The highest BCUT2D eigenvalue weighted by Crippen LogP contribution is 2.30. The van der Waals surface area contributed by atoms with Gasteiger partial charge in [0.15, 0.2) is 5.65 Å². The van der Waals surface area contributed by atoms with Gasteiger partial charge in [0.25, 0.3) is 0 Å². The second kappa shape index (κ2) is 7.90. The van der Waals surface area contributed by atoms with Gasteiger partial charge in [-0.2, -0.15) is 22.7 Å². The van der Waals surface area contributed by atoms with Gasteiger partial charge in [0.05, 0.1) is 5.56 Å². The van der Waals surface area contributed by atoms with Crippen LogP contribution in [0.5, 0.6) is 0 Å². The van der Waals surface area contributed by atoms with Crippen molar-refractivity contribution in [2.45, 2.75) is 37.9 Å². The summed E-state index contributed by atoms with van der Waals surface area (Å²) >= 11 is 0.